The minimum absolute atomic E-state index is 0.188. The number of hydrogen-bond acceptors (Lipinski definition) is 2. The molecule has 1 heterocycles. The maximum atomic E-state index is 3.60. The lowest BCUT2D eigenvalue weighted by Gasteiger charge is -2.39. The molecule has 0 fully saturated rings. The van der Waals surface area contributed by atoms with Crippen LogP contribution in [0.5, 0.6) is 0 Å². The van der Waals surface area contributed by atoms with E-state index in [4.69, 9.17) is 0 Å². The first kappa shape index (κ1) is 19.5. The van der Waals surface area contributed by atoms with Gasteiger partial charge in [0, 0.05) is 21.0 Å². The molecule has 2 heteroatoms. The van der Waals surface area contributed by atoms with Crippen LogP contribution in [0.2, 0.25) is 0 Å². The first-order chi connectivity index (χ1) is 13.0. The van der Waals surface area contributed by atoms with Crippen LogP contribution in [0, 0.1) is 0 Å². The van der Waals surface area contributed by atoms with E-state index in [9.17, 15) is 0 Å². The van der Waals surface area contributed by atoms with Crippen LogP contribution in [0.25, 0.3) is 10.1 Å². The molecule has 0 radical (unpaired) electrons. The van der Waals surface area contributed by atoms with Crippen molar-refractivity contribution in [2.24, 2.45) is 0 Å². The van der Waals surface area contributed by atoms with Crippen molar-refractivity contribution in [2.75, 3.05) is 5.32 Å². The summed E-state index contributed by atoms with van der Waals surface area (Å²) in [6, 6.07) is 15.8. The third-order valence-electron chi connectivity index (χ3n) is 6.40. The summed E-state index contributed by atoms with van der Waals surface area (Å²) in [5, 5.41) is 5.05. The van der Waals surface area contributed by atoms with Crippen molar-refractivity contribution in [1.82, 2.24) is 0 Å². The van der Waals surface area contributed by atoms with Crippen LogP contribution in [-0.2, 0) is 16.2 Å². The van der Waals surface area contributed by atoms with Crippen LogP contribution in [0.1, 0.15) is 77.3 Å². The Morgan fingerprint density at radius 1 is 0.821 bits per heavy atom. The van der Waals surface area contributed by atoms with E-state index in [0.717, 1.165) is 5.69 Å². The fourth-order valence-electron chi connectivity index (χ4n) is 4.41. The van der Waals surface area contributed by atoms with Gasteiger partial charge in [0.1, 0.15) is 0 Å². The zero-order valence-corrected chi connectivity index (χ0v) is 19.2. The Hall–Kier alpha value is -1.80. The van der Waals surface area contributed by atoms with Gasteiger partial charge >= 0.3 is 0 Å². The number of anilines is 2. The lowest BCUT2D eigenvalue weighted by molar-refractivity contribution is 0.341. The molecule has 0 unspecified atom stereocenters. The van der Waals surface area contributed by atoms with Gasteiger partial charge in [0.15, 0.2) is 0 Å². The molecule has 4 rings (SSSR count). The van der Waals surface area contributed by atoms with Crippen molar-refractivity contribution >= 4 is 32.8 Å². The minimum atomic E-state index is 0.188. The van der Waals surface area contributed by atoms with Gasteiger partial charge in [0.2, 0.25) is 0 Å². The van der Waals surface area contributed by atoms with Gasteiger partial charge in [-0.2, -0.15) is 0 Å². The molecule has 1 nitrogen and oxygen atoms in total. The highest BCUT2D eigenvalue weighted by atomic mass is 32.1. The topological polar surface area (TPSA) is 12.0 Å². The normalized spacial score (nSPS) is 18.1. The van der Waals surface area contributed by atoms with Crippen LogP contribution in [0.15, 0.2) is 42.5 Å². The number of hydrogen-bond donors (Lipinski definition) is 1. The van der Waals surface area contributed by atoms with E-state index in [1.165, 1.54) is 34.2 Å². The van der Waals surface area contributed by atoms with Gasteiger partial charge in [-0.25, -0.2) is 0 Å². The van der Waals surface area contributed by atoms with Gasteiger partial charge in [-0.05, 0) is 69.9 Å². The molecule has 3 aromatic rings. The Bertz CT molecular complexity index is 1010. The zero-order valence-electron chi connectivity index (χ0n) is 18.4. The quantitative estimate of drug-likeness (QED) is 0.463. The summed E-state index contributed by atoms with van der Waals surface area (Å²) in [6.07, 6.45) is 2.53. The van der Waals surface area contributed by atoms with Gasteiger partial charge in [-0.15, -0.1) is 11.3 Å². The second-order valence-electron chi connectivity index (χ2n) is 10.7. The monoisotopic (exact) mass is 391 g/mol. The Labute approximate surface area is 174 Å². The predicted octanol–water partition coefficient (Wildman–Crippen LogP) is 8.29. The Balaban J connectivity index is 1.70. The molecule has 0 atom stereocenters. The van der Waals surface area contributed by atoms with Crippen molar-refractivity contribution in [3.05, 3.63) is 58.5 Å². The highest BCUT2D eigenvalue weighted by Crippen LogP contribution is 2.52. The highest BCUT2D eigenvalue weighted by molar-refractivity contribution is 7.19. The summed E-state index contributed by atoms with van der Waals surface area (Å²) in [4.78, 5) is 1.59. The average Bonchev–Trinajstić information content (AvgIpc) is 3.00. The molecule has 0 saturated heterocycles. The van der Waals surface area contributed by atoms with E-state index in [1.807, 2.05) is 11.3 Å². The van der Waals surface area contributed by atoms with Crippen molar-refractivity contribution in [3.8, 4) is 0 Å². The zero-order chi connectivity index (χ0) is 20.3. The Morgan fingerprint density at radius 3 is 2.07 bits per heavy atom. The molecule has 1 aliphatic rings. The fraction of sp³-hybridized carbons (Fsp3) is 0.462. The van der Waals surface area contributed by atoms with Gasteiger partial charge < -0.3 is 5.32 Å². The van der Waals surface area contributed by atoms with Gasteiger partial charge in [0.25, 0.3) is 0 Å². The first-order valence-corrected chi connectivity index (χ1v) is 11.2. The number of thiophene rings is 1. The molecule has 0 saturated carbocycles. The van der Waals surface area contributed by atoms with Gasteiger partial charge in [0.05, 0.1) is 0 Å². The van der Waals surface area contributed by atoms with Crippen molar-refractivity contribution in [3.63, 3.8) is 0 Å². The maximum Gasteiger partial charge on any atom is 0.0398 e. The van der Waals surface area contributed by atoms with Gasteiger partial charge in [-0.1, -0.05) is 66.7 Å². The first-order valence-electron chi connectivity index (χ1n) is 10.4. The van der Waals surface area contributed by atoms with Crippen LogP contribution in [0.3, 0.4) is 0 Å². The molecule has 0 amide bonds. The third-order valence-corrected chi connectivity index (χ3v) is 7.91. The van der Waals surface area contributed by atoms with E-state index < -0.39 is 0 Å². The van der Waals surface area contributed by atoms with Crippen molar-refractivity contribution < 1.29 is 0 Å². The Kier molecular flexibility index (Phi) is 4.43. The number of nitrogens with one attached hydrogen (secondary N) is 1. The molecule has 2 aromatic carbocycles. The number of benzene rings is 2. The molecule has 0 spiro atoms. The summed E-state index contributed by atoms with van der Waals surface area (Å²) in [7, 11) is 0. The number of rotatable bonds is 2. The molecular formula is C26H33NS. The molecule has 28 heavy (non-hydrogen) atoms. The maximum absolute atomic E-state index is 3.60. The van der Waals surface area contributed by atoms with Gasteiger partial charge in [-0.3, -0.25) is 0 Å². The second-order valence-corrected chi connectivity index (χ2v) is 11.8. The standard InChI is InChI=1S/C26H33NS/c1-24(2,3)17-8-10-18(11-9-17)27-19-12-13-20-21(16-19)28-23-22(20)25(4,5)14-15-26(23,6)7/h8-13,16,27H,14-15H2,1-7H3. The Morgan fingerprint density at radius 2 is 1.43 bits per heavy atom. The summed E-state index contributed by atoms with van der Waals surface area (Å²) < 4.78 is 1.41. The summed E-state index contributed by atoms with van der Waals surface area (Å²) in [5.74, 6) is 0. The van der Waals surface area contributed by atoms with Crippen LogP contribution in [-0.4, -0.2) is 0 Å². The van der Waals surface area contributed by atoms with E-state index in [0.29, 0.717) is 0 Å². The highest BCUT2D eigenvalue weighted by Gasteiger charge is 2.39. The summed E-state index contributed by atoms with van der Waals surface area (Å²) in [6.45, 7) is 16.4. The molecule has 0 bridgehead atoms. The van der Waals surface area contributed by atoms with Crippen LogP contribution < -0.4 is 5.32 Å². The second kappa shape index (κ2) is 6.35. The third kappa shape index (κ3) is 3.37. The molecule has 1 aromatic heterocycles. The average molecular weight is 392 g/mol. The molecule has 1 N–H and O–H groups in total. The molecule has 148 valence electrons. The van der Waals surface area contributed by atoms with Crippen molar-refractivity contribution in [1.29, 1.82) is 0 Å². The largest absolute Gasteiger partial charge is 0.355 e. The lowest BCUT2D eigenvalue weighted by atomic mass is 9.66. The van der Waals surface area contributed by atoms with E-state index in [2.05, 4.69) is 96.2 Å². The van der Waals surface area contributed by atoms with Crippen molar-refractivity contribution in [2.45, 2.75) is 77.6 Å². The van der Waals surface area contributed by atoms with E-state index >= 15 is 0 Å². The molecule has 1 aliphatic carbocycles. The summed E-state index contributed by atoms with van der Waals surface area (Å²) in [5.41, 5.74) is 6.01. The lowest BCUT2D eigenvalue weighted by Crippen LogP contribution is -2.32. The molecule has 0 aliphatic heterocycles. The fourth-order valence-corrected chi connectivity index (χ4v) is 5.96. The van der Waals surface area contributed by atoms with Crippen LogP contribution in [0.4, 0.5) is 11.4 Å². The minimum Gasteiger partial charge on any atom is -0.355 e. The smallest absolute Gasteiger partial charge is 0.0398 e. The number of fused-ring (bicyclic) bond motifs is 3. The SMILES string of the molecule is CC(C)(C)c1ccc(Nc2ccc3c4c(sc3c2)C(C)(C)CCC4(C)C)cc1. The predicted molar refractivity (Wildman–Crippen MR) is 126 cm³/mol. The van der Waals surface area contributed by atoms with E-state index in [1.54, 1.807) is 10.4 Å². The summed E-state index contributed by atoms with van der Waals surface area (Å²) >= 11 is 2.00. The van der Waals surface area contributed by atoms with E-state index in [-0.39, 0.29) is 16.2 Å². The van der Waals surface area contributed by atoms with Crippen LogP contribution >= 0.6 is 11.3 Å². The molecular weight excluding hydrogens is 358 g/mol.